The van der Waals surface area contributed by atoms with E-state index >= 15 is 0 Å². The fraction of sp³-hybridized carbons (Fsp3) is 0.812. The van der Waals surface area contributed by atoms with Crippen molar-refractivity contribution in [1.29, 1.82) is 0 Å². The van der Waals surface area contributed by atoms with Crippen LogP contribution in [0.2, 0.25) is 0 Å². The molecule has 0 spiro atoms. The fourth-order valence-electron chi connectivity index (χ4n) is 3.76. The molecule has 0 bridgehead atoms. The molecular formula is C16H30N4O3. The van der Waals surface area contributed by atoms with Crippen LogP contribution in [0.5, 0.6) is 0 Å². The number of hydrogen-bond acceptors (Lipinski definition) is 3. The number of aliphatic carboxylic acids is 1. The zero-order chi connectivity index (χ0) is 17.6. The molecule has 0 saturated heterocycles. The molecule has 0 heterocycles. The van der Waals surface area contributed by atoms with Gasteiger partial charge in [-0.15, -0.1) is 0 Å². The molecule has 0 aromatic carbocycles. The highest BCUT2D eigenvalue weighted by atomic mass is 16.4. The van der Waals surface area contributed by atoms with Crippen LogP contribution < -0.4 is 16.8 Å². The number of aliphatic imine (C=N–C) groups is 1. The topological polar surface area (TPSA) is 131 Å². The number of carboxylic acids is 1. The number of carbonyl (C=O) groups excluding carboxylic acids is 1. The van der Waals surface area contributed by atoms with E-state index in [-0.39, 0.29) is 35.8 Å². The van der Waals surface area contributed by atoms with Gasteiger partial charge in [0.05, 0.1) is 12.0 Å². The second-order valence-corrected chi connectivity index (χ2v) is 6.44. The van der Waals surface area contributed by atoms with E-state index in [0.717, 1.165) is 12.8 Å². The van der Waals surface area contributed by atoms with Crippen LogP contribution in [0.25, 0.3) is 0 Å². The Bertz CT molecular complexity index is 445. The lowest BCUT2D eigenvalue weighted by molar-refractivity contribution is -0.143. The van der Waals surface area contributed by atoms with Crippen molar-refractivity contribution in [2.24, 2.45) is 34.2 Å². The van der Waals surface area contributed by atoms with Crippen molar-refractivity contribution < 1.29 is 14.7 Å². The molecule has 1 fully saturated rings. The van der Waals surface area contributed by atoms with Crippen LogP contribution in [0.3, 0.4) is 0 Å². The Labute approximate surface area is 137 Å². The van der Waals surface area contributed by atoms with Crippen molar-refractivity contribution in [1.82, 2.24) is 5.32 Å². The van der Waals surface area contributed by atoms with Crippen LogP contribution in [0, 0.1) is 17.8 Å². The van der Waals surface area contributed by atoms with E-state index in [0.29, 0.717) is 19.3 Å². The second-order valence-electron chi connectivity index (χ2n) is 6.44. The monoisotopic (exact) mass is 326 g/mol. The van der Waals surface area contributed by atoms with Gasteiger partial charge in [0.15, 0.2) is 5.96 Å². The summed E-state index contributed by atoms with van der Waals surface area (Å²) in [6.45, 7) is 5.65. The van der Waals surface area contributed by atoms with Gasteiger partial charge < -0.3 is 21.9 Å². The molecule has 0 aromatic rings. The number of hydrogen-bond donors (Lipinski definition) is 4. The zero-order valence-electron chi connectivity index (χ0n) is 14.3. The molecule has 0 unspecified atom stereocenters. The van der Waals surface area contributed by atoms with Crippen molar-refractivity contribution in [3.63, 3.8) is 0 Å². The Morgan fingerprint density at radius 3 is 2.30 bits per heavy atom. The van der Waals surface area contributed by atoms with Gasteiger partial charge in [0.2, 0.25) is 5.91 Å². The maximum Gasteiger partial charge on any atom is 0.306 e. The second kappa shape index (κ2) is 8.74. The lowest BCUT2D eigenvalue weighted by atomic mass is 9.70. The molecule has 1 aliphatic carbocycles. The first-order valence-corrected chi connectivity index (χ1v) is 8.38. The molecule has 7 heteroatoms. The molecule has 0 radical (unpaired) electrons. The lowest BCUT2D eigenvalue weighted by Crippen LogP contribution is -2.51. The number of carboxylic acid groups (broad SMARTS) is 1. The first-order chi connectivity index (χ1) is 10.8. The molecule has 1 rings (SSSR count). The molecule has 0 aliphatic heterocycles. The van der Waals surface area contributed by atoms with Crippen LogP contribution in [-0.4, -0.2) is 35.0 Å². The Hall–Kier alpha value is -1.79. The molecule has 23 heavy (non-hydrogen) atoms. The minimum atomic E-state index is -0.788. The number of nitrogens with two attached hydrogens (primary N) is 2. The Kier molecular flexibility index (Phi) is 7.32. The number of nitrogens with one attached hydrogen (secondary N) is 1. The number of guanidine groups is 1. The van der Waals surface area contributed by atoms with Crippen LogP contribution in [0.4, 0.5) is 0 Å². The summed E-state index contributed by atoms with van der Waals surface area (Å²) >= 11 is 0. The molecule has 6 N–H and O–H groups in total. The summed E-state index contributed by atoms with van der Waals surface area (Å²) < 4.78 is 0. The minimum absolute atomic E-state index is 0.0138. The number of rotatable bonds is 7. The third-order valence-electron chi connectivity index (χ3n) is 4.91. The summed E-state index contributed by atoms with van der Waals surface area (Å²) in [6.07, 6.45) is 3.48. The van der Waals surface area contributed by atoms with Gasteiger partial charge in [-0.25, -0.2) is 4.99 Å². The third kappa shape index (κ3) is 5.41. The molecule has 4 atom stereocenters. The van der Waals surface area contributed by atoms with Crippen LogP contribution in [0.15, 0.2) is 4.99 Å². The summed E-state index contributed by atoms with van der Waals surface area (Å²) in [7, 11) is 0. The average molecular weight is 326 g/mol. The molecule has 1 aliphatic rings. The highest BCUT2D eigenvalue weighted by molar-refractivity contribution is 5.76. The molecular weight excluding hydrogens is 296 g/mol. The maximum atomic E-state index is 11.7. The predicted molar refractivity (Wildman–Crippen MR) is 89.7 cm³/mol. The van der Waals surface area contributed by atoms with Gasteiger partial charge in [0.1, 0.15) is 0 Å². The third-order valence-corrected chi connectivity index (χ3v) is 4.91. The molecule has 7 nitrogen and oxygen atoms in total. The number of amides is 1. The van der Waals surface area contributed by atoms with Crippen molar-refractivity contribution in [3.8, 4) is 0 Å². The van der Waals surface area contributed by atoms with Gasteiger partial charge in [0, 0.05) is 18.9 Å². The van der Waals surface area contributed by atoms with Gasteiger partial charge in [-0.3, -0.25) is 9.59 Å². The van der Waals surface area contributed by atoms with Gasteiger partial charge in [0.25, 0.3) is 0 Å². The minimum Gasteiger partial charge on any atom is -0.481 e. The van der Waals surface area contributed by atoms with Gasteiger partial charge >= 0.3 is 5.97 Å². The SMILES string of the molecule is CCC(CC)[C@H](NC(C)=O)[C@H]1C[C@@H](C(=O)O)CC[C@H]1N=C(N)N. The predicted octanol–water partition coefficient (Wildman–Crippen LogP) is 1.07. The fourth-order valence-corrected chi connectivity index (χ4v) is 3.76. The van der Waals surface area contributed by atoms with Crippen LogP contribution >= 0.6 is 0 Å². The molecule has 132 valence electrons. The highest BCUT2D eigenvalue weighted by Gasteiger charge is 2.40. The summed E-state index contributed by atoms with van der Waals surface area (Å²) in [5.41, 5.74) is 11.1. The number of carbonyl (C=O) groups is 2. The first-order valence-electron chi connectivity index (χ1n) is 8.38. The smallest absolute Gasteiger partial charge is 0.306 e. The standard InChI is InChI=1S/C16H30N4O3/c1-4-10(5-2)14(19-9(3)21)12-8-11(15(22)23)6-7-13(12)20-16(17)18/h10-14H,4-8H2,1-3H3,(H,19,21)(H,22,23)(H4,17,18,20)/t11-,12-,13+,14-/m0/s1. The quantitative estimate of drug-likeness (QED) is 0.410. The maximum absolute atomic E-state index is 11.7. The van der Waals surface area contributed by atoms with E-state index < -0.39 is 11.9 Å². The van der Waals surface area contributed by atoms with Gasteiger partial charge in [-0.1, -0.05) is 26.7 Å². The van der Waals surface area contributed by atoms with E-state index in [1.165, 1.54) is 6.92 Å². The number of nitrogens with zero attached hydrogens (tertiary/aromatic N) is 1. The molecule has 0 aromatic heterocycles. The first kappa shape index (κ1) is 19.3. The summed E-state index contributed by atoms with van der Waals surface area (Å²) in [5.74, 6) is -1.09. The van der Waals surface area contributed by atoms with E-state index in [1.54, 1.807) is 0 Å². The summed E-state index contributed by atoms with van der Waals surface area (Å²) in [4.78, 5) is 27.4. The van der Waals surface area contributed by atoms with E-state index in [2.05, 4.69) is 24.2 Å². The van der Waals surface area contributed by atoms with Crippen molar-refractivity contribution in [3.05, 3.63) is 0 Å². The summed E-state index contributed by atoms with van der Waals surface area (Å²) in [6, 6.07) is -0.259. The van der Waals surface area contributed by atoms with Crippen molar-refractivity contribution in [2.75, 3.05) is 0 Å². The Morgan fingerprint density at radius 2 is 1.87 bits per heavy atom. The van der Waals surface area contributed by atoms with Gasteiger partial charge in [-0.05, 0) is 25.2 Å². The molecule has 1 saturated carbocycles. The van der Waals surface area contributed by atoms with E-state index in [1.807, 2.05) is 0 Å². The van der Waals surface area contributed by atoms with E-state index in [4.69, 9.17) is 11.5 Å². The van der Waals surface area contributed by atoms with Crippen molar-refractivity contribution >= 4 is 17.8 Å². The average Bonchev–Trinajstić information content (AvgIpc) is 2.46. The Balaban J connectivity index is 3.12. The zero-order valence-corrected chi connectivity index (χ0v) is 14.3. The van der Waals surface area contributed by atoms with Crippen molar-refractivity contribution in [2.45, 2.75) is 65.0 Å². The summed E-state index contributed by atoms with van der Waals surface area (Å²) in [5, 5.41) is 12.4. The van der Waals surface area contributed by atoms with Crippen LogP contribution in [-0.2, 0) is 9.59 Å². The Morgan fingerprint density at radius 1 is 1.26 bits per heavy atom. The lowest BCUT2D eigenvalue weighted by Gasteiger charge is -2.41. The normalized spacial score (nSPS) is 25.7. The van der Waals surface area contributed by atoms with E-state index in [9.17, 15) is 14.7 Å². The van der Waals surface area contributed by atoms with Crippen LogP contribution in [0.1, 0.15) is 52.9 Å². The largest absolute Gasteiger partial charge is 0.481 e. The highest BCUT2D eigenvalue weighted by Crippen LogP contribution is 2.37. The van der Waals surface area contributed by atoms with Gasteiger partial charge in [-0.2, -0.15) is 0 Å². The molecule has 1 amide bonds.